The Morgan fingerprint density at radius 3 is 2.70 bits per heavy atom. The van der Waals surface area contributed by atoms with E-state index in [1.54, 1.807) is 6.92 Å². The number of nitrogens with zero attached hydrogens (tertiary/aromatic N) is 2. The molecule has 2 aromatic rings. The average Bonchev–Trinajstić information content (AvgIpc) is 2.41. The van der Waals surface area contributed by atoms with E-state index in [1.165, 1.54) is 19.2 Å². The number of hydrogen-bond donors (Lipinski definition) is 1. The molecule has 0 bridgehead atoms. The van der Waals surface area contributed by atoms with Gasteiger partial charge in [0, 0.05) is 10.6 Å². The predicted molar refractivity (Wildman–Crippen MR) is 72.9 cm³/mol. The van der Waals surface area contributed by atoms with Crippen LogP contribution in [0.15, 0.2) is 18.2 Å². The van der Waals surface area contributed by atoms with Crippen molar-refractivity contribution in [1.29, 1.82) is 0 Å². The molecular formula is C13H11ClFN3O2. The number of ether oxygens (including phenoxy) is 1. The van der Waals surface area contributed by atoms with E-state index in [-0.39, 0.29) is 27.9 Å². The van der Waals surface area contributed by atoms with Crippen LogP contribution in [-0.2, 0) is 4.74 Å². The molecule has 0 saturated heterocycles. The van der Waals surface area contributed by atoms with Crippen molar-refractivity contribution in [1.82, 2.24) is 9.97 Å². The molecule has 2 rings (SSSR count). The van der Waals surface area contributed by atoms with Gasteiger partial charge in [-0.25, -0.2) is 19.2 Å². The maximum absolute atomic E-state index is 13.9. The van der Waals surface area contributed by atoms with Crippen molar-refractivity contribution in [3.63, 3.8) is 0 Å². The van der Waals surface area contributed by atoms with Crippen molar-refractivity contribution >= 4 is 23.4 Å². The van der Waals surface area contributed by atoms with Crippen LogP contribution in [0.4, 0.5) is 10.2 Å². The molecule has 1 aromatic carbocycles. The van der Waals surface area contributed by atoms with E-state index in [1.807, 2.05) is 0 Å². The molecule has 0 fully saturated rings. The van der Waals surface area contributed by atoms with Crippen LogP contribution in [0, 0.1) is 12.7 Å². The van der Waals surface area contributed by atoms with Crippen molar-refractivity contribution in [2.75, 3.05) is 12.8 Å². The van der Waals surface area contributed by atoms with Gasteiger partial charge >= 0.3 is 5.97 Å². The SMILES string of the molecule is COC(=O)c1nc(-c2ccc(Cl)cc2F)nc(N)c1C. The second-order valence-corrected chi connectivity index (χ2v) is 4.46. The van der Waals surface area contributed by atoms with E-state index >= 15 is 0 Å². The molecular weight excluding hydrogens is 285 g/mol. The predicted octanol–water partition coefficient (Wildman–Crippen LogP) is 2.61. The van der Waals surface area contributed by atoms with E-state index in [0.717, 1.165) is 6.07 Å². The fourth-order valence-electron chi connectivity index (χ4n) is 1.62. The third kappa shape index (κ3) is 2.55. The summed E-state index contributed by atoms with van der Waals surface area (Å²) >= 11 is 5.69. The summed E-state index contributed by atoms with van der Waals surface area (Å²) in [7, 11) is 1.22. The Labute approximate surface area is 119 Å². The molecule has 1 heterocycles. The van der Waals surface area contributed by atoms with Crippen LogP contribution in [0.1, 0.15) is 16.1 Å². The highest BCUT2D eigenvalue weighted by Crippen LogP contribution is 2.25. The zero-order valence-electron chi connectivity index (χ0n) is 10.8. The van der Waals surface area contributed by atoms with E-state index in [9.17, 15) is 9.18 Å². The molecule has 0 amide bonds. The lowest BCUT2D eigenvalue weighted by Gasteiger charge is -2.09. The summed E-state index contributed by atoms with van der Waals surface area (Å²) in [6, 6.07) is 4.05. The topological polar surface area (TPSA) is 78.1 Å². The number of carbonyl (C=O) groups is 1. The number of nitrogens with two attached hydrogens (primary N) is 1. The highest BCUT2D eigenvalue weighted by atomic mass is 35.5. The third-order valence-electron chi connectivity index (χ3n) is 2.73. The lowest BCUT2D eigenvalue weighted by molar-refractivity contribution is 0.0593. The first kappa shape index (κ1) is 14.2. The van der Waals surface area contributed by atoms with Crippen molar-refractivity contribution in [2.45, 2.75) is 6.92 Å². The maximum Gasteiger partial charge on any atom is 0.357 e. The second-order valence-electron chi connectivity index (χ2n) is 4.02. The first-order chi connectivity index (χ1) is 9.43. The van der Waals surface area contributed by atoms with Gasteiger partial charge in [-0.3, -0.25) is 0 Å². The molecule has 7 heteroatoms. The molecule has 0 atom stereocenters. The smallest absolute Gasteiger partial charge is 0.357 e. The van der Waals surface area contributed by atoms with Crippen LogP contribution in [0.5, 0.6) is 0 Å². The quantitative estimate of drug-likeness (QED) is 0.862. The molecule has 2 N–H and O–H groups in total. The first-order valence-electron chi connectivity index (χ1n) is 5.62. The third-order valence-corrected chi connectivity index (χ3v) is 2.97. The van der Waals surface area contributed by atoms with Gasteiger partial charge in [0.2, 0.25) is 0 Å². The zero-order valence-corrected chi connectivity index (χ0v) is 11.5. The van der Waals surface area contributed by atoms with Gasteiger partial charge in [0.1, 0.15) is 11.6 Å². The number of nitrogen functional groups attached to an aromatic ring is 1. The number of benzene rings is 1. The summed E-state index contributed by atoms with van der Waals surface area (Å²) in [4.78, 5) is 19.6. The van der Waals surface area contributed by atoms with Crippen LogP contribution in [0.2, 0.25) is 5.02 Å². The van der Waals surface area contributed by atoms with E-state index in [2.05, 4.69) is 14.7 Å². The average molecular weight is 296 g/mol. The van der Waals surface area contributed by atoms with Gasteiger partial charge in [-0.1, -0.05) is 11.6 Å². The Morgan fingerprint density at radius 2 is 2.10 bits per heavy atom. The van der Waals surface area contributed by atoms with Crippen LogP contribution >= 0.6 is 11.6 Å². The minimum absolute atomic E-state index is 0.00247. The van der Waals surface area contributed by atoms with Crippen LogP contribution in [0.25, 0.3) is 11.4 Å². The largest absolute Gasteiger partial charge is 0.464 e. The molecule has 0 aliphatic carbocycles. The van der Waals surface area contributed by atoms with E-state index in [0.29, 0.717) is 5.56 Å². The van der Waals surface area contributed by atoms with Crippen LogP contribution in [-0.4, -0.2) is 23.0 Å². The van der Waals surface area contributed by atoms with Crippen molar-refractivity contribution in [2.24, 2.45) is 0 Å². The number of rotatable bonds is 2. The lowest BCUT2D eigenvalue weighted by atomic mass is 10.1. The Bertz CT molecular complexity index is 692. The molecule has 1 aromatic heterocycles. The van der Waals surface area contributed by atoms with Gasteiger partial charge in [0.25, 0.3) is 0 Å². The summed E-state index contributed by atoms with van der Waals surface area (Å²) in [5, 5.41) is 0.250. The molecule has 20 heavy (non-hydrogen) atoms. The molecule has 5 nitrogen and oxygen atoms in total. The number of methoxy groups -OCH3 is 1. The summed E-state index contributed by atoms with van der Waals surface area (Å²) in [5.41, 5.74) is 6.22. The fourth-order valence-corrected chi connectivity index (χ4v) is 1.78. The van der Waals surface area contributed by atoms with Gasteiger partial charge in [0.05, 0.1) is 12.7 Å². The number of carbonyl (C=O) groups excluding carboxylic acids is 1. The highest BCUT2D eigenvalue weighted by molar-refractivity contribution is 6.30. The molecule has 0 saturated carbocycles. The maximum atomic E-state index is 13.9. The van der Waals surface area contributed by atoms with Crippen LogP contribution < -0.4 is 5.73 Å². The Kier molecular flexibility index (Phi) is 3.85. The van der Waals surface area contributed by atoms with Crippen molar-refractivity contribution in [3.05, 3.63) is 40.3 Å². The highest BCUT2D eigenvalue weighted by Gasteiger charge is 2.18. The van der Waals surface area contributed by atoms with Crippen LogP contribution in [0.3, 0.4) is 0 Å². The minimum Gasteiger partial charge on any atom is -0.464 e. The molecule has 104 valence electrons. The second kappa shape index (κ2) is 5.42. The summed E-state index contributed by atoms with van der Waals surface area (Å²) in [5.74, 6) is -1.17. The van der Waals surface area contributed by atoms with E-state index < -0.39 is 11.8 Å². The van der Waals surface area contributed by atoms with Gasteiger partial charge in [0.15, 0.2) is 11.5 Å². The fraction of sp³-hybridized carbons (Fsp3) is 0.154. The Morgan fingerprint density at radius 1 is 1.40 bits per heavy atom. The van der Waals surface area contributed by atoms with E-state index in [4.69, 9.17) is 17.3 Å². The summed E-state index contributed by atoms with van der Waals surface area (Å²) in [6.07, 6.45) is 0. The number of esters is 1. The van der Waals surface area contributed by atoms with Gasteiger partial charge in [-0.05, 0) is 25.1 Å². The van der Waals surface area contributed by atoms with Crippen molar-refractivity contribution < 1.29 is 13.9 Å². The molecule has 0 spiro atoms. The summed E-state index contributed by atoms with van der Waals surface area (Å²) in [6.45, 7) is 1.59. The Balaban J connectivity index is 2.63. The lowest BCUT2D eigenvalue weighted by Crippen LogP contribution is -2.12. The standard InChI is InChI=1S/C13H11ClFN3O2/c1-6-10(13(19)20-2)17-12(18-11(6)16)8-4-3-7(14)5-9(8)15/h3-5H,1-2H3,(H2,16,17,18). The normalized spacial score (nSPS) is 10.4. The van der Waals surface area contributed by atoms with Gasteiger partial charge in [-0.2, -0.15) is 0 Å². The molecule has 0 aliphatic heterocycles. The number of anilines is 1. The number of hydrogen-bond acceptors (Lipinski definition) is 5. The molecule has 0 aliphatic rings. The van der Waals surface area contributed by atoms with Gasteiger partial charge < -0.3 is 10.5 Å². The van der Waals surface area contributed by atoms with Gasteiger partial charge in [-0.15, -0.1) is 0 Å². The number of halogens is 2. The number of aromatic nitrogens is 2. The first-order valence-corrected chi connectivity index (χ1v) is 5.99. The monoisotopic (exact) mass is 295 g/mol. The molecule has 0 unspecified atom stereocenters. The minimum atomic E-state index is -0.660. The zero-order chi connectivity index (χ0) is 14.9. The summed E-state index contributed by atoms with van der Waals surface area (Å²) < 4.78 is 18.5. The van der Waals surface area contributed by atoms with Crippen molar-refractivity contribution in [3.8, 4) is 11.4 Å². The molecule has 0 radical (unpaired) electrons. The Hall–Kier alpha value is -2.21.